The highest BCUT2D eigenvalue weighted by atomic mass is 32.2. The lowest BCUT2D eigenvalue weighted by Gasteiger charge is -2.32. The molecule has 1 unspecified atom stereocenters. The van der Waals surface area contributed by atoms with Gasteiger partial charge in [0.1, 0.15) is 17.4 Å². The van der Waals surface area contributed by atoms with E-state index in [1.807, 2.05) is 0 Å². The summed E-state index contributed by atoms with van der Waals surface area (Å²) in [5, 5.41) is 2.98. The van der Waals surface area contributed by atoms with Crippen LogP contribution in [0.25, 0.3) is 11.0 Å². The van der Waals surface area contributed by atoms with Crippen LogP contribution in [-0.2, 0) is 26.2 Å². The maximum Gasteiger partial charge on any atom is 0.255 e. The molecule has 0 bridgehead atoms. The SMILES string of the molecule is O=C1CCC(N2Cc3c(cc(F)cc3C3CCN(S(=O)(=O)c4ccc5occc5c4)CC3)C2=O)C(=O)N1. The molecule has 3 aromatic rings. The molecular formula is C26H24FN3O6S. The number of sulfonamides is 1. The van der Waals surface area contributed by atoms with E-state index >= 15 is 0 Å². The van der Waals surface area contributed by atoms with Crippen LogP contribution in [-0.4, -0.2) is 54.5 Å². The Labute approximate surface area is 212 Å². The monoisotopic (exact) mass is 525 g/mol. The summed E-state index contributed by atoms with van der Waals surface area (Å²) in [6.07, 6.45) is 2.81. The average molecular weight is 526 g/mol. The van der Waals surface area contributed by atoms with Crippen LogP contribution in [0.3, 0.4) is 0 Å². The van der Waals surface area contributed by atoms with Gasteiger partial charge in [-0.05, 0) is 72.7 Å². The fraction of sp³-hybridized carbons (Fsp3) is 0.346. The average Bonchev–Trinajstić information content (AvgIpc) is 3.48. The summed E-state index contributed by atoms with van der Waals surface area (Å²) >= 11 is 0. The zero-order valence-corrected chi connectivity index (χ0v) is 20.6. The molecule has 0 radical (unpaired) electrons. The highest BCUT2D eigenvalue weighted by Crippen LogP contribution is 2.38. The van der Waals surface area contributed by atoms with Crippen molar-refractivity contribution >= 4 is 38.7 Å². The van der Waals surface area contributed by atoms with Crippen LogP contribution in [0.15, 0.2) is 52.0 Å². The van der Waals surface area contributed by atoms with E-state index in [0.29, 0.717) is 34.9 Å². The Morgan fingerprint density at radius 2 is 1.78 bits per heavy atom. The summed E-state index contributed by atoms with van der Waals surface area (Å²) in [6, 6.07) is 8.30. The first kappa shape index (κ1) is 23.8. The molecule has 2 aromatic carbocycles. The van der Waals surface area contributed by atoms with Gasteiger partial charge in [-0.1, -0.05) is 0 Å². The van der Waals surface area contributed by atoms with Gasteiger partial charge in [-0.25, -0.2) is 12.8 Å². The number of nitrogens with one attached hydrogen (secondary N) is 1. The molecule has 1 N–H and O–H groups in total. The number of furan rings is 1. The Morgan fingerprint density at radius 3 is 2.54 bits per heavy atom. The maximum absolute atomic E-state index is 14.6. The minimum atomic E-state index is -3.72. The van der Waals surface area contributed by atoms with E-state index in [4.69, 9.17) is 4.42 Å². The number of halogens is 1. The normalized spacial score (nSPS) is 21.5. The smallest absolute Gasteiger partial charge is 0.255 e. The van der Waals surface area contributed by atoms with Gasteiger partial charge in [0.05, 0.1) is 11.2 Å². The molecule has 192 valence electrons. The van der Waals surface area contributed by atoms with Gasteiger partial charge in [0, 0.05) is 37.0 Å². The van der Waals surface area contributed by atoms with Crippen LogP contribution in [0, 0.1) is 5.82 Å². The fourth-order valence-electron chi connectivity index (χ4n) is 5.68. The summed E-state index contributed by atoms with van der Waals surface area (Å²) < 4.78 is 47.9. The first-order valence-corrected chi connectivity index (χ1v) is 13.6. The lowest BCUT2D eigenvalue weighted by Crippen LogP contribution is -2.52. The molecule has 0 aliphatic carbocycles. The first-order valence-electron chi connectivity index (χ1n) is 12.2. The van der Waals surface area contributed by atoms with Crippen LogP contribution in [0.1, 0.15) is 53.1 Å². The number of rotatable bonds is 4. The third-order valence-corrected chi connectivity index (χ3v) is 9.51. The van der Waals surface area contributed by atoms with Crippen molar-refractivity contribution in [2.24, 2.45) is 0 Å². The molecule has 4 heterocycles. The van der Waals surface area contributed by atoms with Gasteiger partial charge >= 0.3 is 0 Å². The third-order valence-electron chi connectivity index (χ3n) is 7.61. The molecule has 6 rings (SSSR count). The first-order chi connectivity index (χ1) is 17.7. The number of carbonyl (C=O) groups is 3. The predicted molar refractivity (Wildman–Crippen MR) is 129 cm³/mol. The van der Waals surface area contributed by atoms with Crippen molar-refractivity contribution < 1.29 is 31.6 Å². The van der Waals surface area contributed by atoms with Crippen LogP contribution in [0.4, 0.5) is 4.39 Å². The molecule has 2 fully saturated rings. The Morgan fingerprint density at radius 1 is 1.00 bits per heavy atom. The van der Waals surface area contributed by atoms with E-state index in [1.165, 1.54) is 33.7 Å². The van der Waals surface area contributed by atoms with E-state index in [2.05, 4.69) is 5.32 Å². The van der Waals surface area contributed by atoms with Gasteiger partial charge in [0.15, 0.2) is 0 Å². The number of nitrogens with zero attached hydrogens (tertiary/aromatic N) is 2. The van der Waals surface area contributed by atoms with Gasteiger partial charge in [0.25, 0.3) is 5.91 Å². The van der Waals surface area contributed by atoms with Gasteiger partial charge in [-0.15, -0.1) is 0 Å². The topological polar surface area (TPSA) is 117 Å². The fourth-order valence-corrected chi connectivity index (χ4v) is 7.18. The van der Waals surface area contributed by atoms with Crippen LogP contribution in [0.2, 0.25) is 0 Å². The minimum Gasteiger partial charge on any atom is -0.464 e. The standard InChI is InChI=1S/C26H24FN3O6S/c27-17-12-19(21-14-30(26(33)20(21)13-17)22-2-4-24(31)28-25(22)32)15-5-8-29(9-6-15)37(34,35)18-1-3-23-16(11-18)7-10-36-23/h1,3,7,10-13,15,22H,2,4-6,8-9,14H2,(H,28,31,32). The maximum atomic E-state index is 14.6. The highest BCUT2D eigenvalue weighted by molar-refractivity contribution is 7.89. The summed E-state index contributed by atoms with van der Waals surface area (Å²) in [4.78, 5) is 38.6. The number of fused-ring (bicyclic) bond motifs is 2. The molecule has 1 aromatic heterocycles. The second-order valence-corrected chi connectivity index (χ2v) is 11.7. The van der Waals surface area contributed by atoms with E-state index in [9.17, 15) is 27.2 Å². The van der Waals surface area contributed by atoms with Crippen molar-refractivity contribution in [2.75, 3.05) is 13.1 Å². The highest BCUT2D eigenvalue weighted by Gasteiger charge is 2.41. The number of piperidine rings is 2. The number of hydrogen-bond acceptors (Lipinski definition) is 6. The Balaban J connectivity index is 1.22. The summed E-state index contributed by atoms with van der Waals surface area (Å²) in [6.45, 7) is 0.665. The molecule has 2 saturated heterocycles. The number of amides is 3. The van der Waals surface area contributed by atoms with Gasteiger partial charge < -0.3 is 9.32 Å². The molecular weight excluding hydrogens is 501 g/mol. The second kappa shape index (κ2) is 8.77. The zero-order chi connectivity index (χ0) is 25.9. The number of imide groups is 1. The van der Waals surface area contributed by atoms with Crippen molar-refractivity contribution in [3.8, 4) is 0 Å². The van der Waals surface area contributed by atoms with Crippen molar-refractivity contribution in [1.82, 2.24) is 14.5 Å². The minimum absolute atomic E-state index is 0.137. The molecule has 3 aliphatic rings. The van der Waals surface area contributed by atoms with Crippen molar-refractivity contribution in [2.45, 2.75) is 49.1 Å². The van der Waals surface area contributed by atoms with Crippen molar-refractivity contribution in [1.29, 1.82) is 0 Å². The quantitative estimate of drug-likeness (QED) is 0.524. The molecule has 9 nitrogen and oxygen atoms in total. The molecule has 3 amide bonds. The molecule has 0 saturated carbocycles. The zero-order valence-electron chi connectivity index (χ0n) is 19.8. The molecule has 11 heteroatoms. The summed E-state index contributed by atoms with van der Waals surface area (Å²) in [5.74, 6) is -2.01. The summed E-state index contributed by atoms with van der Waals surface area (Å²) in [5.41, 5.74) is 2.18. The van der Waals surface area contributed by atoms with Crippen molar-refractivity contribution in [3.05, 3.63) is 65.2 Å². The van der Waals surface area contributed by atoms with Crippen LogP contribution >= 0.6 is 0 Å². The van der Waals surface area contributed by atoms with Gasteiger partial charge in [-0.2, -0.15) is 4.31 Å². The van der Waals surface area contributed by atoms with Gasteiger partial charge in [-0.3, -0.25) is 19.7 Å². The Kier molecular flexibility index (Phi) is 5.64. The largest absolute Gasteiger partial charge is 0.464 e. The number of carbonyl (C=O) groups excluding carboxylic acids is 3. The lowest BCUT2D eigenvalue weighted by molar-refractivity contribution is -0.136. The van der Waals surface area contributed by atoms with E-state index in [1.54, 1.807) is 18.2 Å². The number of hydrogen-bond donors (Lipinski definition) is 1. The molecule has 3 aliphatic heterocycles. The van der Waals surface area contributed by atoms with Gasteiger partial charge in [0.2, 0.25) is 21.8 Å². The van der Waals surface area contributed by atoms with E-state index in [0.717, 1.165) is 0 Å². The molecule has 37 heavy (non-hydrogen) atoms. The predicted octanol–water partition coefficient (Wildman–Crippen LogP) is 2.90. The van der Waals surface area contributed by atoms with Crippen LogP contribution < -0.4 is 5.32 Å². The summed E-state index contributed by atoms with van der Waals surface area (Å²) in [7, 11) is -3.72. The second-order valence-electron chi connectivity index (χ2n) is 9.72. The van der Waals surface area contributed by atoms with E-state index in [-0.39, 0.29) is 54.8 Å². The number of benzene rings is 2. The molecule has 1 atom stereocenters. The van der Waals surface area contributed by atoms with E-state index < -0.39 is 33.7 Å². The Hall–Kier alpha value is -3.57. The van der Waals surface area contributed by atoms with Crippen LogP contribution in [0.5, 0.6) is 0 Å². The lowest BCUT2D eigenvalue weighted by atomic mass is 9.86. The molecule has 0 spiro atoms. The Bertz CT molecular complexity index is 1560. The van der Waals surface area contributed by atoms with Crippen molar-refractivity contribution in [3.63, 3.8) is 0 Å². The third kappa shape index (κ3) is 4.02.